The summed E-state index contributed by atoms with van der Waals surface area (Å²) in [6.07, 6.45) is 2.19. The first kappa shape index (κ1) is 15.2. The fraction of sp³-hybridized carbons (Fsp3) is 0.263. The highest BCUT2D eigenvalue weighted by Gasteiger charge is 2.49. The molecule has 1 fully saturated rings. The molecule has 0 spiro atoms. The average molecular weight is 340 g/mol. The van der Waals surface area contributed by atoms with Crippen molar-refractivity contribution in [2.24, 2.45) is 7.05 Å². The highest BCUT2D eigenvalue weighted by Crippen LogP contribution is 2.53. The van der Waals surface area contributed by atoms with Crippen molar-refractivity contribution in [3.63, 3.8) is 0 Å². The largest absolute Gasteiger partial charge is 0.497 e. The predicted octanol–water partition coefficient (Wildman–Crippen LogP) is 4.22. The molecule has 1 aliphatic carbocycles. The van der Waals surface area contributed by atoms with E-state index >= 15 is 0 Å². The Bertz CT molecular complexity index is 885. The van der Waals surface area contributed by atoms with Crippen LogP contribution in [0.2, 0.25) is 5.02 Å². The fourth-order valence-corrected chi connectivity index (χ4v) is 3.56. The van der Waals surface area contributed by atoms with E-state index in [1.54, 1.807) is 13.2 Å². The van der Waals surface area contributed by atoms with E-state index in [-0.39, 0.29) is 5.41 Å². The van der Waals surface area contributed by atoms with Gasteiger partial charge in [0.2, 0.25) is 0 Å². The molecule has 1 heterocycles. The van der Waals surface area contributed by atoms with Crippen molar-refractivity contribution in [3.8, 4) is 17.1 Å². The van der Waals surface area contributed by atoms with Crippen LogP contribution in [0.5, 0.6) is 5.75 Å². The number of methoxy groups -OCH3 is 1. The summed E-state index contributed by atoms with van der Waals surface area (Å²) in [5.74, 6) is 2.50. The second-order valence-corrected chi connectivity index (χ2v) is 6.61. The lowest BCUT2D eigenvalue weighted by Gasteiger charge is -2.15. The maximum atomic E-state index is 6.41. The monoisotopic (exact) mass is 339 g/mol. The Kier molecular flexibility index (Phi) is 3.57. The first-order valence-corrected chi connectivity index (χ1v) is 8.33. The first-order chi connectivity index (χ1) is 11.7. The van der Waals surface area contributed by atoms with Gasteiger partial charge in [0.1, 0.15) is 11.6 Å². The molecule has 2 aromatic carbocycles. The molecule has 122 valence electrons. The molecule has 1 aliphatic rings. The van der Waals surface area contributed by atoms with E-state index in [0.717, 1.165) is 35.8 Å². The number of nitrogens with zero attached hydrogens (tertiary/aromatic N) is 3. The molecule has 0 atom stereocenters. The fourth-order valence-electron chi connectivity index (χ4n) is 3.31. The summed E-state index contributed by atoms with van der Waals surface area (Å²) < 4.78 is 7.28. The van der Waals surface area contributed by atoms with Crippen molar-refractivity contribution < 1.29 is 4.74 Å². The third-order valence-electron chi connectivity index (χ3n) is 4.80. The van der Waals surface area contributed by atoms with Crippen molar-refractivity contribution >= 4 is 11.6 Å². The Morgan fingerprint density at radius 2 is 1.83 bits per heavy atom. The van der Waals surface area contributed by atoms with Crippen LogP contribution in [0.4, 0.5) is 0 Å². The van der Waals surface area contributed by atoms with Gasteiger partial charge in [-0.15, -0.1) is 10.2 Å². The van der Waals surface area contributed by atoms with Gasteiger partial charge in [0.25, 0.3) is 0 Å². The first-order valence-electron chi connectivity index (χ1n) is 7.95. The van der Waals surface area contributed by atoms with Crippen molar-refractivity contribution in [1.82, 2.24) is 14.8 Å². The van der Waals surface area contributed by atoms with Gasteiger partial charge in [-0.3, -0.25) is 0 Å². The van der Waals surface area contributed by atoms with Gasteiger partial charge in [0.05, 0.1) is 17.5 Å². The summed E-state index contributed by atoms with van der Waals surface area (Å²) in [5.41, 5.74) is 2.15. The molecule has 5 heteroatoms. The molecule has 3 aromatic rings. The Labute approximate surface area is 146 Å². The molecule has 0 bridgehead atoms. The Morgan fingerprint density at radius 1 is 1.08 bits per heavy atom. The number of hydrogen-bond acceptors (Lipinski definition) is 3. The van der Waals surface area contributed by atoms with Gasteiger partial charge in [0, 0.05) is 12.6 Å². The molecule has 1 saturated carbocycles. The van der Waals surface area contributed by atoms with Gasteiger partial charge in [-0.1, -0.05) is 41.9 Å². The summed E-state index contributed by atoms with van der Waals surface area (Å²) in [6.45, 7) is 0. The zero-order chi connectivity index (χ0) is 16.7. The second-order valence-electron chi connectivity index (χ2n) is 6.20. The third-order valence-corrected chi connectivity index (χ3v) is 5.11. The molecule has 0 unspecified atom stereocenters. The van der Waals surface area contributed by atoms with Crippen LogP contribution in [0.1, 0.15) is 24.2 Å². The van der Waals surface area contributed by atoms with E-state index in [4.69, 9.17) is 16.3 Å². The minimum atomic E-state index is -0.0137. The second kappa shape index (κ2) is 5.64. The van der Waals surface area contributed by atoms with Crippen LogP contribution < -0.4 is 4.74 Å². The molecule has 4 rings (SSSR count). The van der Waals surface area contributed by atoms with E-state index in [2.05, 4.69) is 39.0 Å². The van der Waals surface area contributed by atoms with E-state index in [1.807, 2.05) is 25.2 Å². The SMILES string of the molecule is COc1ccc(-c2nnc(C3(c4ccccc4)CC3)n2C)c(Cl)c1. The van der Waals surface area contributed by atoms with E-state index in [1.165, 1.54) is 5.56 Å². The Morgan fingerprint density at radius 3 is 2.46 bits per heavy atom. The minimum absolute atomic E-state index is 0.0137. The predicted molar refractivity (Wildman–Crippen MR) is 94.5 cm³/mol. The number of benzene rings is 2. The van der Waals surface area contributed by atoms with Gasteiger partial charge in [-0.2, -0.15) is 0 Å². The van der Waals surface area contributed by atoms with Crippen LogP contribution in [0, 0.1) is 0 Å². The van der Waals surface area contributed by atoms with Crippen LogP contribution in [-0.2, 0) is 12.5 Å². The lowest BCUT2D eigenvalue weighted by atomic mass is 9.95. The van der Waals surface area contributed by atoms with Gasteiger partial charge in [-0.05, 0) is 36.6 Å². The Balaban J connectivity index is 1.77. The molecule has 0 saturated heterocycles. The zero-order valence-corrected chi connectivity index (χ0v) is 14.4. The highest BCUT2D eigenvalue weighted by atomic mass is 35.5. The highest BCUT2D eigenvalue weighted by molar-refractivity contribution is 6.33. The molecule has 24 heavy (non-hydrogen) atoms. The number of hydrogen-bond donors (Lipinski definition) is 0. The van der Waals surface area contributed by atoms with Crippen LogP contribution >= 0.6 is 11.6 Å². The lowest BCUT2D eigenvalue weighted by molar-refractivity contribution is 0.415. The maximum absolute atomic E-state index is 6.41. The Hall–Kier alpha value is -2.33. The van der Waals surface area contributed by atoms with E-state index < -0.39 is 0 Å². The van der Waals surface area contributed by atoms with Crippen molar-refractivity contribution in [3.05, 3.63) is 64.9 Å². The number of aromatic nitrogens is 3. The van der Waals surface area contributed by atoms with E-state index in [0.29, 0.717) is 5.02 Å². The van der Waals surface area contributed by atoms with Crippen molar-refractivity contribution in [2.45, 2.75) is 18.3 Å². The third kappa shape index (κ3) is 2.29. The van der Waals surface area contributed by atoms with Crippen LogP contribution in [0.15, 0.2) is 48.5 Å². The molecule has 1 aromatic heterocycles. The summed E-state index contributed by atoms with van der Waals surface area (Å²) >= 11 is 6.41. The molecular weight excluding hydrogens is 322 g/mol. The zero-order valence-electron chi connectivity index (χ0n) is 13.7. The number of halogens is 1. The molecule has 0 N–H and O–H groups in total. The summed E-state index contributed by atoms with van der Waals surface area (Å²) in [4.78, 5) is 0. The van der Waals surface area contributed by atoms with Crippen LogP contribution in [-0.4, -0.2) is 21.9 Å². The lowest BCUT2D eigenvalue weighted by Crippen LogP contribution is -2.15. The summed E-state index contributed by atoms with van der Waals surface area (Å²) in [5, 5.41) is 9.54. The average Bonchev–Trinajstić information content (AvgIpc) is 3.33. The van der Waals surface area contributed by atoms with Gasteiger partial charge >= 0.3 is 0 Å². The quantitative estimate of drug-likeness (QED) is 0.714. The number of rotatable bonds is 4. The molecule has 0 radical (unpaired) electrons. The van der Waals surface area contributed by atoms with Gasteiger partial charge in [0.15, 0.2) is 5.82 Å². The van der Waals surface area contributed by atoms with E-state index in [9.17, 15) is 0 Å². The van der Waals surface area contributed by atoms with Crippen molar-refractivity contribution in [1.29, 1.82) is 0 Å². The van der Waals surface area contributed by atoms with Gasteiger partial charge in [-0.25, -0.2) is 0 Å². The maximum Gasteiger partial charge on any atom is 0.165 e. The van der Waals surface area contributed by atoms with Crippen LogP contribution in [0.3, 0.4) is 0 Å². The van der Waals surface area contributed by atoms with Crippen molar-refractivity contribution in [2.75, 3.05) is 7.11 Å². The molecule has 0 amide bonds. The van der Waals surface area contributed by atoms with Crippen LogP contribution in [0.25, 0.3) is 11.4 Å². The smallest absolute Gasteiger partial charge is 0.165 e. The minimum Gasteiger partial charge on any atom is -0.497 e. The van der Waals surface area contributed by atoms with Gasteiger partial charge < -0.3 is 9.30 Å². The number of ether oxygens (including phenoxy) is 1. The molecule has 4 nitrogen and oxygen atoms in total. The summed E-state index contributed by atoms with van der Waals surface area (Å²) in [7, 11) is 3.64. The molecular formula is C19H18ClN3O. The molecule has 0 aliphatic heterocycles. The topological polar surface area (TPSA) is 39.9 Å². The standard InChI is InChI=1S/C19H18ClN3O/c1-23-17(15-9-8-14(24-2)12-16(15)20)21-22-18(23)19(10-11-19)13-6-4-3-5-7-13/h3-9,12H,10-11H2,1-2H3. The summed E-state index contributed by atoms with van der Waals surface area (Å²) in [6, 6.07) is 16.1. The normalized spacial score (nSPS) is 15.3.